The molecule has 0 saturated heterocycles. The third-order valence-electron chi connectivity index (χ3n) is 4.23. The zero-order valence-corrected chi connectivity index (χ0v) is 11.1. The Morgan fingerprint density at radius 3 is 2.74 bits per heavy atom. The second-order valence-corrected chi connectivity index (χ2v) is 5.19. The summed E-state index contributed by atoms with van der Waals surface area (Å²) in [4.78, 5) is 0. The van der Waals surface area contributed by atoms with Crippen LogP contribution in [-0.2, 0) is 11.8 Å². The highest BCUT2D eigenvalue weighted by Gasteiger charge is 2.43. The number of benzene rings is 1. The van der Waals surface area contributed by atoms with Crippen molar-refractivity contribution >= 4 is 0 Å². The van der Waals surface area contributed by atoms with Crippen molar-refractivity contribution in [3.63, 3.8) is 0 Å². The molecule has 0 N–H and O–H groups in total. The lowest BCUT2D eigenvalue weighted by molar-refractivity contribution is 0.297. The third-order valence-corrected chi connectivity index (χ3v) is 4.23. The molecule has 1 atom stereocenters. The molecule has 0 saturated carbocycles. The lowest BCUT2D eigenvalue weighted by Crippen LogP contribution is -2.37. The van der Waals surface area contributed by atoms with Gasteiger partial charge >= 0.3 is 0 Å². The summed E-state index contributed by atoms with van der Waals surface area (Å²) in [5.41, 5.74) is 2.19. The maximum Gasteiger partial charge on any atom is 0.142 e. The summed E-state index contributed by atoms with van der Waals surface area (Å²) in [6.07, 6.45) is 6.57. The molecule has 0 fully saturated rings. The summed E-state index contributed by atoms with van der Waals surface area (Å²) in [5.74, 6) is -0.575. The molecule has 2 rings (SSSR count). The molecule has 0 radical (unpaired) electrons. The van der Waals surface area contributed by atoms with Crippen molar-refractivity contribution in [3.05, 3.63) is 48.0 Å². The van der Waals surface area contributed by atoms with Gasteiger partial charge in [-0.1, -0.05) is 30.3 Å². The fourth-order valence-corrected chi connectivity index (χ4v) is 3.29. The van der Waals surface area contributed by atoms with Gasteiger partial charge in [0.25, 0.3) is 0 Å². The molecular weight excluding hydrogens is 232 g/mol. The first-order valence-corrected chi connectivity index (χ1v) is 6.77. The van der Waals surface area contributed by atoms with Crippen molar-refractivity contribution in [1.82, 2.24) is 0 Å². The molecule has 1 aromatic rings. The standard InChI is InChI=1S/C17H18N2/c1-2-3-10-17(15(12-18)13-19)11-6-8-14-7-4-5-9-16(14)17/h2,4-5,7,9,15H,1,3,6,8,10-11H2. The minimum atomic E-state index is -0.575. The number of hydrogen-bond acceptors (Lipinski definition) is 2. The van der Waals surface area contributed by atoms with E-state index in [4.69, 9.17) is 0 Å². The Bertz CT molecular complexity index is 533. The van der Waals surface area contributed by atoms with Crippen LogP contribution in [0.15, 0.2) is 36.9 Å². The Morgan fingerprint density at radius 1 is 1.32 bits per heavy atom. The van der Waals surface area contributed by atoms with Crippen LogP contribution in [0.4, 0.5) is 0 Å². The first-order valence-electron chi connectivity index (χ1n) is 6.77. The van der Waals surface area contributed by atoms with E-state index in [0.717, 1.165) is 32.1 Å². The van der Waals surface area contributed by atoms with Crippen LogP contribution in [0.2, 0.25) is 0 Å². The molecule has 2 nitrogen and oxygen atoms in total. The number of nitrogens with zero attached hydrogens (tertiary/aromatic N) is 2. The topological polar surface area (TPSA) is 47.6 Å². The van der Waals surface area contributed by atoms with Gasteiger partial charge in [0.2, 0.25) is 0 Å². The molecule has 1 aliphatic rings. The van der Waals surface area contributed by atoms with Crippen LogP contribution in [-0.4, -0.2) is 0 Å². The summed E-state index contributed by atoms with van der Waals surface area (Å²) < 4.78 is 0. The second-order valence-electron chi connectivity index (χ2n) is 5.19. The van der Waals surface area contributed by atoms with Crippen molar-refractivity contribution in [1.29, 1.82) is 10.5 Å². The quantitative estimate of drug-likeness (QED) is 0.761. The van der Waals surface area contributed by atoms with Gasteiger partial charge in [-0.2, -0.15) is 10.5 Å². The Kier molecular flexibility index (Phi) is 4.03. The SMILES string of the molecule is C=CCCC1(C(C#N)C#N)CCCc2ccccc21. The summed E-state index contributed by atoms with van der Waals surface area (Å²) in [7, 11) is 0. The molecule has 0 amide bonds. The molecular formula is C17H18N2. The summed E-state index contributed by atoms with van der Waals surface area (Å²) in [5, 5.41) is 18.7. The van der Waals surface area contributed by atoms with Crippen LogP contribution >= 0.6 is 0 Å². The van der Waals surface area contributed by atoms with Gasteiger partial charge in [-0.15, -0.1) is 6.58 Å². The normalized spacial score (nSPS) is 21.2. The molecule has 1 aromatic carbocycles. The zero-order valence-electron chi connectivity index (χ0n) is 11.1. The molecule has 0 aliphatic heterocycles. The minimum absolute atomic E-state index is 0.313. The monoisotopic (exact) mass is 250 g/mol. The largest absolute Gasteiger partial charge is 0.197 e. The van der Waals surface area contributed by atoms with E-state index in [-0.39, 0.29) is 5.41 Å². The van der Waals surface area contributed by atoms with E-state index in [1.54, 1.807) is 0 Å². The van der Waals surface area contributed by atoms with E-state index in [9.17, 15) is 10.5 Å². The summed E-state index contributed by atoms with van der Waals surface area (Å²) in [6.45, 7) is 3.78. The maximum atomic E-state index is 9.37. The predicted octanol–water partition coefficient (Wildman–Crippen LogP) is 3.89. The van der Waals surface area contributed by atoms with Crippen LogP contribution in [0.5, 0.6) is 0 Å². The Labute approximate surface area is 115 Å². The van der Waals surface area contributed by atoms with Crippen molar-refractivity contribution in [2.45, 2.75) is 37.5 Å². The van der Waals surface area contributed by atoms with Gasteiger partial charge in [-0.3, -0.25) is 0 Å². The van der Waals surface area contributed by atoms with Crippen LogP contribution in [0.25, 0.3) is 0 Å². The Balaban J connectivity index is 2.54. The maximum absolute atomic E-state index is 9.37. The number of rotatable bonds is 4. The lowest BCUT2D eigenvalue weighted by atomic mass is 9.61. The number of nitriles is 2. The predicted molar refractivity (Wildman–Crippen MR) is 75.2 cm³/mol. The first kappa shape index (κ1) is 13.4. The van der Waals surface area contributed by atoms with E-state index < -0.39 is 5.92 Å². The summed E-state index contributed by atoms with van der Waals surface area (Å²) in [6, 6.07) is 12.7. The number of allylic oxidation sites excluding steroid dienone is 1. The molecule has 2 heteroatoms. The number of aryl methyl sites for hydroxylation is 1. The smallest absolute Gasteiger partial charge is 0.142 e. The van der Waals surface area contributed by atoms with Gasteiger partial charge in [-0.05, 0) is 43.2 Å². The highest BCUT2D eigenvalue weighted by Crippen LogP contribution is 2.46. The number of fused-ring (bicyclic) bond motifs is 1. The first-order chi connectivity index (χ1) is 9.28. The van der Waals surface area contributed by atoms with Crippen molar-refractivity contribution in [2.75, 3.05) is 0 Å². The van der Waals surface area contributed by atoms with Gasteiger partial charge in [0.1, 0.15) is 5.92 Å². The van der Waals surface area contributed by atoms with Crippen molar-refractivity contribution in [3.8, 4) is 12.1 Å². The van der Waals surface area contributed by atoms with E-state index in [1.165, 1.54) is 11.1 Å². The van der Waals surface area contributed by atoms with Crippen LogP contribution < -0.4 is 0 Å². The van der Waals surface area contributed by atoms with Crippen LogP contribution in [0.3, 0.4) is 0 Å². The molecule has 0 bridgehead atoms. The van der Waals surface area contributed by atoms with E-state index in [0.29, 0.717) is 0 Å². The number of hydrogen-bond donors (Lipinski definition) is 0. The van der Waals surface area contributed by atoms with E-state index in [1.807, 2.05) is 18.2 Å². The molecule has 1 aliphatic carbocycles. The fourth-order valence-electron chi connectivity index (χ4n) is 3.29. The molecule has 0 aromatic heterocycles. The van der Waals surface area contributed by atoms with Gasteiger partial charge in [0.05, 0.1) is 12.1 Å². The van der Waals surface area contributed by atoms with Gasteiger partial charge in [0, 0.05) is 5.41 Å². The summed E-state index contributed by atoms with van der Waals surface area (Å²) >= 11 is 0. The average molecular weight is 250 g/mol. The highest BCUT2D eigenvalue weighted by molar-refractivity contribution is 5.40. The molecule has 0 heterocycles. The van der Waals surface area contributed by atoms with Gasteiger partial charge in [0.15, 0.2) is 0 Å². The van der Waals surface area contributed by atoms with Crippen LogP contribution in [0.1, 0.15) is 36.8 Å². The Morgan fingerprint density at radius 2 is 2.05 bits per heavy atom. The van der Waals surface area contributed by atoms with Gasteiger partial charge < -0.3 is 0 Å². The lowest BCUT2D eigenvalue weighted by Gasteiger charge is -2.40. The highest BCUT2D eigenvalue weighted by atomic mass is 14.5. The minimum Gasteiger partial charge on any atom is -0.197 e. The van der Waals surface area contributed by atoms with Gasteiger partial charge in [-0.25, -0.2) is 0 Å². The van der Waals surface area contributed by atoms with Crippen LogP contribution in [0, 0.1) is 28.6 Å². The van der Waals surface area contributed by atoms with Crippen molar-refractivity contribution in [2.24, 2.45) is 5.92 Å². The van der Waals surface area contributed by atoms with E-state index >= 15 is 0 Å². The molecule has 96 valence electrons. The average Bonchev–Trinajstić information content (AvgIpc) is 2.47. The molecule has 0 spiro atoms. The second kappa shape index (κ2) is 5.72. The zero-order chi connectivity index (χ0) is 13.7. The van der Waals surface area contributed by atoms with E-state index in [2.05, 4.69) is 30.9 Å². The Hall–Kier alpha value is -2.06. The fraction of sp³-hybridized carbons (Fsp3) is 0.412. The van der Waals surface area contributed by atoms with Crippen molar-refractivity contribution < 1.29 is 0 Å². The molecule has 1 unspecified atom stereocenters. The third kappa shape index (κ3) is 2.27. The molecule has 19 heavy (non-hydrogen) atoms.